The van der Waals surface area contributed by atoms with E-state index in [1.54, 1.807) is 16.9 Å². The van der Waals surface area contributed by atoms with Crippen LogP contribution in [0.3, 0.4) is 0 Å². The Morgan fingerprint density at radius 3 is 2.62 bits per heavy atom. The lowest BCUT2D eigenvalue weighted by molar-refractivity contribution is 0.582. The highest BCUT2D eigenvalue weighted by Gasteiger charge is 2.11. The number of aromatic nitrogens is 7. The highest BCUT2D eigenvalue weighted by molar-refractivity contribution is 5.57. The van der Waals surface area contributed by atoms with Crippen LogP contribution in [0, 0.1) is 0 Å². The van der Waals surface area contributed by atoms with Crippen LogP contribution >= 0.6 is 0 Å². The van der Waals surface area contributed by atoms with Crippen molar-refractivity contribution in [2.45, 2.75) is 26.2 Å². The highest BCUT2D eigenvalue weighted by Crippen LogP contribution is 2.23. The molecule has 0 saturated heterocycles. The molecule has 0 radical (unpaired) electrons. The summed E-state index contributed by atoms with van der Waals surface area (Å²) >= 11 is 0. The van der Waals surface area contributed by atoms with Crippen molar-refractivity contribution in [3.63, 3.8) is 0 Å². The molecule has 0 fully saturated rings. The number of aryl methyl sites for hydroxylation is 1. The van der Waals surface area contributed by atoms with Crippen molar-refractivity contribution in [3.8, 4) is 28.7 Å². The lowest BCUT2D eigenvalue weighted by atomic mass is 10.2. The Morgan fingerprint density at radius 2 is 1.85 bits per heavy atom. The van der Waals surface area contributed by atoms with Crippen LogP contribution in [0.2, 0.25) is 0 Å². The van der Waals surface area contributed by atoms with Gasteiger partial charge in [-0.3, -0.25) is 0 Å². The fourth-order valence-electron chi connectivity index (χ4n) is 2.51. The molecule has 0 aliphatic carbocycles. The van der Waals surface area contributed by atoms with E-state index in [9.17, 15) is 0 Å². The average Bonchev–Trinajstić information content (AvgIpc) is 3.37. The van der Waals surface area contributed by atoms with Gasteiger partial charge in [0.1, 0.15) is 12.0 Å². The second kappa shape index (κ2) is 7.22. The Balaban J connectivity index is 1.53. The van der Waals surface area contributed by atoms with Gasteiger partial charge in [0.25, 0.3) is 5.89 Å². The van der Waals surface area contributed by atoms with E-state index in [0.29, 0.717) is 17.5 Å². The van der Waals surface area contributed by atoms with Crippen LogP contribution in [0.5, 0.6) is 0 Å². The van der Waals surface area contributed by atoms with Crippen LogP contribution in [-0.4, -0.2) is 35.2 Å². The number of hydrogen-bond donors (Lipinski definition) is 0. The topological polar surface area (TPSA) is 95.4 Å². The lowest BCUT2D eigenvalue weighted by Crippen LogP contribution is -1.94. The molecule has 0 N–H and O–H groups in total. The van der Waals surface area contributed by atoms with Gasteiger partial charge in [0, 0.05) is 11.8 Å². The number of rotatable bonds is 6. The maximum atomic E-state index is 5.70. The second-order valence-electron chi connectivity index (χ2n) is 5.81. The van der Waals surface area contributed by atoms with Crippen molar-refractivity contribution >= 4 is 0 Å². The summed E-state index contributed by atoms with van der Waals surface area (Å²) in [6, 6.07) is 9.45. The van der Waals surface area contributed by atoms with Crippen LogP contribution in [0.4, 0.5) is 0 Å². The summed E-state index contributed by atoms with van der Waals surface area (Å²) in [5, 5.41) is 16.5. The molecule has 0 spiro atoms. The maximum Gasteiger partial charge on any atom is 0.266 e. The molecule has 0 aliphatic heterocycles. The number of hydrogen-bond acceptors (Lipinski definition) is 7. The molecule has 0 bridgehead atoms. The Morgan fingerprint density at radius 1 is 1.00 bits per heavy atom. The van der Waals surface area contributed by atoms with Crippen molar-refractivity contribution in [1.29, 1.82) is 0 Å². The monoisotopic (exact) mass is 347 g/mol. The number of nitrogens with zero attached hydrogens (tertiary/aromatic N) is 7. The first kappa shape index (κ1) is 16.1. The Hall–Kier alpha value is -3.42. The minimum absolute atomic E-state index is 0.364. The van der Waals surface area contributed by atoms with Gasteiger partial charge in [0.15, 0.2) is 0 Å². The normalized spacial score (nSPS) is 11.0. The molecule has 4 rings (SSSR count). The van der Waals surface area contributed by atoms with E-state index in [4.69, 9.17) is 4.42 Å². The van der Waals surface area contributed by atoms with Crippen LogP contribution in [0.25, 0.3) is 28.7 Å². The summed E-state index contributed by atoms with van der Waals surface area (Å²) in [7, 11) is 0. The molecule has 26 heavy (non-hydrogen) atoms. The molecular formula is C18H17N7O. The summed E-state index contributed by atoms with van der Waals surface area (Å²) in [6.07, 6.45) is 8.24. The average molecular weight is 347 g/mol. The molecule has 0 unspecified atom stereocenters. The molecular weight excluding hydrogens is 330 g/mol. The summed E-state index contributed by atoms with van der Waals surface area (Å²) in [5.74, 6) is 0.802. The van der Waals surface area contributed by atoms with Crippen molar-refractivity contribution in [2.75, 3.05) is 0 Å². The molecule has 130 valence electrons. The summed E-state index contributed by atoms with van der Waals surface area (Å²) < 4.78 is 7.48. The van der Waals surface area contributed by atoms with E-state index in [-0.39, 0.29) is 0 Å². The van der Waals surface area contributed by atoms with Crippen LogP contribution in [-0.2, 0) is 6.42 Å². The van der Waals surface area contributed by atoms with E-state index < -0.39 is 0 Å². The zero-order valence-electron chi connectivity index (χ0n) is 14.3. The van der Waals surface area contributed by atoms with Crippen LogP contribution in [0.15, 0.2) is 53.5 Å². The first-order valence-corrected chi connectivity index (χ1v) is 8.45. The summed E-state index contributed by atoms with van der Waals surface area (Å²) in [5.41, 5.74) is 3.35. The number of benzene rings is 1. The fourth-order valence-corrected chi connectivity index (χ4v) is 2.51. The van der Waals surface area contributed by atoms with Gasteiger partial charge < -0.3 is 4.42 Å². The molecule has 0 amide bonds. The molecule has 0 atom stereocenters. The molecule has 4 aromatic rings. The standard InChI is InChI=1S/C18H17N7O/c1-2-3-4-14-11-25(24-21-14)15-7-5-13(6-8-15)17-22-23-18(26-17)16-9-10-19-12-20-16/h5-12H,2-4H2,1H3. The Bertz CT molecular complexity index is 976. The molecule has 8 heteroatoms. The number of unbranched alkanes of at least 4 members (excludes halogenated alkanes) is 1. The van der Waals surface area contributed by atoms with Gasteiger partial charge in [0.2, 0.25) is 5.89 Å². The van der Waals surface area contributed by atoms with E-state index in [1.807, 2.05) is 30.5 Å². The van der Waals surface area contributed by atoms with E-state index in [0.717, 1.165) is 36.2 Å². The van der Waals surface area contributed by atoms with Crippen LogP contribution in [0.1, 0.15) is 25.5 Å². The van der Waals surface area contributed by atoms with Gasteiger partial charge in [0.05, 0.1) is 17.6 Å². The summed E-state index contributed by atoms with van der Waals surface area (Å²) in [6.45, 7) is 2.16. The van der Waals surface area contributed by atoms with Gasteiger partial charge in [-0.1, -0.05) is 18.6 Å². The molecule has 0 aliphatic rings. The fraction of sp³-hybridized carbons (Fsp3) is 0.222. The quantitative estimate of drug-likeness (QED) is 0.529. The van der Waals surface area contributed by atoms with Crippen LogP contribution < -0.4 is 0 Å². The van der Waals surface area contributed by atoms with Crippen molar-refractivity contribution in [3.05, 3.63) is 54.7 Å². The maximum absolute atomic E-state index is 5.70. The minimum atomic E-state index is 0.364. The molecule has 8 nitrogen and oxygen atoms in total. The van der Waals surface area contributed by atoms with E-state index in [2.05, 4.69) is 37.4 Å². The van der Waals surface area contributed by atoms with Gasteiger partial charge in [-0.05, 0) is 43.2 Å². The SMILES string of the molecule is CCCCc1cn(-c2ccc(-c3nnc(-c4ccncn4)o3)cc2)nn1. The smallest absolute Gasteiger partial charge is 0.266 e. The highest BCUT2D eigenvalue weighted by atomic mass is 16.4. The van der Waals surface area contributed by atoms with Gasteiger partial charge in [-0.2, -0.15) is 0 Å². The zero-order chi connectivity index (χ0) is 17.8. The second-order valence-corrected chi connectivity index (χ2v) is 5.81. The molecule has 1 aromatic carbocycles. The Labute approximate surface area is 149 Å². The molecule has 0 saturated carbocycles. The first-order valence-electron chi connectivity index (χ1n) is 8.45. The lowest BCUT2D eigenvalue weighted by Gasteiger charge is -2.00. The first-order chi connectivity index (χ1) is 12.8. The van der Waals surface area contributed by atoms with E-state index >= 15 is 0 Å². The van der Waals surface area contributed by atoms with Crippen molar-refractivity contribution in [1.82, 2.24) is 35.2 Å². The van der Waals surface area contributed by atoms with E-state index in [1.165, 1.54) is 6.33 Å². The third-order valence-corrected chi connectivity index (χ3v) is 3.93. The largest absolute Gasteiger partial charge is 0.415 e. The predicted molar refractivity (Wildman–Crippen MR) is 94.3 cm³/mol. The van der Waals surface area contributed by atoms with Crippen molar-refractivity contribution < 1.29 is 4.42 Å². The summed E-state index contributed by atoms with van der Waals surface area (Å²) in [4.78, 5) is 7.99. The molecule has 3 heterocycles. The van der Waals surface area contributed by atoms with Crippen molar-refractivity contribution in [2.24, 2.45) is 0 Å². The van der Waals surface area contributed by atoms with Gasteiger partial charge in [-0.15, -0.1) is 15.3 Å². The third-order valence-electron chi connectivity index (χ3n) is 3.93. The molecule has 3 aromatic heterocycles. The zero-order valence-corrected chi connectivity index (χ0v) is 14.3. The van der Waals surface area contributed by atoms with Gasteiger partial charge in [-0.25, -0.2) is 14.6 Å². The van der Waals surface area contributed by atoms with Gasteiger partial charge >= 0.3 is 0 Å². The third kappa shape index (κ3) is 3.34. The Kier molecular flexibility index (Phi) is 4.46. The predicted octanol–water partition coefficient (Wildman–Crippen LogP) is 3.12. The minimum Gasteiger partial charge on any atom is -0.415 e.